The van der Waals surface area contributed by atoms with E-state index in [2.05, 4.69) is 21.2 Å². The first-order chi connectivity index (χ1) is 13.0. The van der Waals surface area contributed by atoms with Gasteiger partial charge >= 0.3 is 0 Å². The van der Waals surface area contributed by atoms with E-state index >= 15 is 0 Å². The fourth-order valence-electron chi connectivity index (χ4n) is 3.20. The lowest BCUT2D eigenvalue weighted by Gasteiger charge is -2.38. The molecule has 1 aliphatic heterocycles. The summed E-state index contributed by atoms with van der Waals surface area (Å²) in [7, 11) is 1.56. The zero-order valence-electron chi connectivity index (χ0n) is 15.4. The molecule has 1 fully saturated rings. The van der Waals surface area contributed by atoms with Gasteiger partial charge in [-0.25, -0.2) is 0 Å². The van der Waals surface area contributed by atoms with Crippen LogP contribution < -0.4 is 15.0 Å². The van der Waals surface area contributed by atoms with Gasteiger partial charge in [-0.2, -0.15) is 0 Å². The molecule has 0 aromatic heterocycles. The van der Waals surface area contributed by atoms with Gasteiger partial charge in [0.15, 0.2) is 0 Å². The SMILES string of the molecule is COc1ccc(NC(=O)[C@@H](C)N2CCN(c3cccc(Cl)c3)CC2)cc1Cl. The minimum Gasteiger partial charge on any atom is -0.495 e. The van der Waals surface area contributed by atoms with Gasteiger partial charge in [0.2, 0.25) is 5.91 Å². The molecule has 3 rings (SSSR count). The lowest BCUT2D eigenvalue weighted by Crippen LogP contribution is -2.52. The van der Waals surface area contributed by atoms with E-state index in [1.807, 2.05) is 25.1 Å². The maximum atomic E-state index is 12.6. The van der Waals surface area contributed by atoms with Gasteiger partial charge in [-0.3, -0.25) is 9.69 Å². The smallest absolute Gasteiger partial charge is 0.241 e. The van der Waals surface area contributed by atoms with Crippen LogP contribution in [0.25, 0.3) is 0 Å². The number of hydrogen-bond donors (Lipinski definition) is 1. The maximum Gasteiger partial charge on any atom is 0.241 e. The van der Waals surface area contributed by atoms with E-state index in [1.54, 1.807) is 25.3 Å². The molecule has 7 heteroatoms. The minimum absolute atomic E-state index is 0.0487. The molecule has 0 spiro atoms. The number of halogens is 2. The second-order valence-electron chi connectivity index (χ2n) is 6.52. The Morgan fingerprint density at radius 2 is 1.85 bits per heavy atom. The van der Waals surface area contributed by atoms with Gasteiger partial charge in [0, 0.05) is 42.6 Å². The summed E-state index contributed by atoms with van der Waals surface area (Å²) in [5.74, 6) is 0.535. The summed E-state index contributed by atoms with van der Waals surface area (Å²) in [6.07, 6.45) is 0. The number of benzene rings is 2. The lowest BCUT2D eigenvalue weighted by atomic mass is 10.2. The second kappa shape index (κ2) is 8.83. The van der Waals surface area contributed by atoms with E-state index in [-0.39, 0.29) is 11.9 Å². The standard InChI is InChI=1S/C20H23Cl2N3O2/c1-14(20(26)23-16-6-7-19(27-2)18(22)13-16)24-8-10-25(11-9-24)17-5-3-4-15(21)12-17/h3-7,12-14H,8-11H2,1-2H3,(H,23,26)/t14-/m1/s1. The molecule has 1 saturated heterocycles. The Hall–Kier alpha value is -1.95. The molecule has 0 radical (unpaired) electrons. The number of methoxy groups -OCH3 is 1. The molecule has 2 aromatic rings. The third-order valence-electron chi connectivity index (χ3n) is 4.83. The van der Waals surface area contributed by atoms with Crippen LogP contribution in [0.3, 0.4) is 0 Å². The van der Waals surface area contributed by atoms with Crippen molar-refractivity contribution in [2.75, 3.05) is 43.5 Å². The summed E-state index contributed by atoms with van der Waals surface area (Å²) < 4.78 is 5.14. The molecule has 0 bridgehead atoms. The molecule has 144 valence electrons. The number of ether oxygens (including phenoxy) is 1. The van der Waals surface area contributed by atoms with Gasteiger partial charge in [0.25, 0.3) is 0 Å². The summed E-state index contributed by atoms with van der Waals surface area (Å²) in [5.41, 5.74) is 1.78. The third-order valence-corrected chi connectivity index (χ3v) is 5.36. The van der Waals surface area contributed by atoms with Crippen LogP contribution in [0.2, 0.25) is 10.0 Å². The van der Waals surface area contributed by atoms with Crippen molar-refractivity contribution < 1.29 is 9.53 Å². The fraction of sp³-hybridized carbons (Fsp3) is 0.350. The van der Waals surface area contributed by atoms with Crippen molar-refractivity contribution in [3.8, 4) is 5.75 Å². The van der Waals surface area contributed by atoms with E-state index in [9.17, 15) is 4.79 Å². The second-order valence-corrected chi connectivity index (χ2v) is 7.36. The number of carbonyl (C=O) groups is 1. The van der Waals surface area contributed by atoms with Crippen LogP contribution in [0.4, 0.5) is 11.4 Å². The quantitative estimate of drug-likeness (QED) is 0.808. The number of carbonyl (C=O) groups excluding carboxylic acids is 1. The van der Waals surface area contributed by atoms with E-state index in [4.69, 9.17) is 27.9 Å². The first-order valence-electron chi connectivity index (χ1n) is 8.87. The van der Waals surface area contributed by atoms with Crippen LogP contribution in [0.1, 0.15) is 6.92 Å². The van der Waals surface area contributed by atoms with Crippen LogP contribution in [0.15, 0.2) is 42.5 Å². The Balaban J connectivity index is 1.56. The van der Waals surface area contributed by atoms with Crippen LogP contribution in [0, 0.1) is 0 Å². The summed E-state index contributed by atoms with van der Waals surface area (Å²) in [4.78, 5) is 17.1. The zero-order valence-corrected chi connectivity index (χ0v) is 16.9. The Morgan fingerprint density at radius 1 is 1.11 bits per heavy atom. The summed E-state index contributed by atoms with van der Waals surface area (Å²) in [6, 6.07) is 12.9. The largest absolute Gasteiger partial charge is 0.495 e. The van der Waals surface area contributed by atoms with Gasteiger partial charge < -0.3 is 15.0 Å². The molecule has 27 heavy (non-hydrogen) atoms. The van der Waals surface area contributed by atoms with Crippen LogP contribution >= 0.6 is 23.2 Å². The molecule has 0 unspecified atom stereocenters. The van der Waals surface area contributed by atoms with Crippen LogP contribution in [-0.4, -0.2) is 50.1 Å². The molecule has 0 aliphatic carbocycles. The monoisotopic (exact) mass is 407 g/mol. The van der Waals surface area contributed by atoms with Crippen molar-refractivity contribution in [1.82, 2.24) is 4.90 Å². The van der Waals surface area contributed by atoms with Crippen molar-refractivity contribution in [3.63, 3.8) is 0 Å². The van der Waals surface area contributed by atoms with Gasteiger partial charge in [-0.1, -0.05) is 29.3 Å². The molecule has 1 N–H and O–H groups in total. The molecule has 5 nitrogen and oxygen atoms in total. The molecule has 1 heterocycles. The predicted octanol–water partition coefficient (Wildman–Crippen LogP) is 4.15. The Kier molecular flexibility index (Phi) is 6.47. The molecule has 2 aromatic carbocycles. The molecular weight excluding hydrogens is 385 g/mol. The van der Waals surface area contributed by atoms with Crippen LogP contribution in [0.5, 0.6) is 5.75 Å². The number of anilines is 2. The summed E-state index contributed by atoms with van der Waals surface area (Å²) in [5, 5.41) is 4.14. The number of nitrogens with one attached hydrogen (secondary N) is 1. The Morgan fingerprint density at radius 3 is 2.48 bits per heavy atom. The zero-order chi connectivity index (χ0) is 19.4. The Bertz CT molecular complexity index is 808. The average molecular weight is 408 g/mol. The van der Waals surface area contributed by atoms with E-state index in [0.717, 1.165) is 36.9 Å². The molecule has 1 atom stereocenters. The molecule has 1 aliphatic rings. The number of piperazine rings is 1. The summed E-state index contributed by atoms with van der Waals surface area (Å²) >= 11 is 12.2. The van der Waals surface area contributed by atoms with Gasteiger partial charge in [-0.15, -0.1) is 0 Å². The third kappa shape index (κ3) is 4.86. The molecule has 0 saturated carbocycles. The van der Waals surface area contributed by atoms with Gasteiger partial charge in [0.05, 0.1) is 18.2 Å². The highest BCUT2D eigenvalue weighted by Crippen LogP contribution is 2.27. The number of hydrogen-bond acceptors (Lipinski definition) is 4. The summed E-state index contributed by atoms with van der Waals surface area (Å²) in [6.45, 7) is 5.25. The lowest BCUT2D eigenvalue weighted by molar-refractivity contribution is -0.120. The molecule has 1 amide bonds. The van der Waals surface area contributed by atoms with E-state index < -0.39 is 0 Å². The van der Waals surface area contributed by atoms with Crippen molar-refractivity contribution in [2.24, 2.45) is 0 Å². The maximum absolute atomic E-state index is 12.6. The van der Waals surface area contributed by atoms with Crippen molar-refractivity contribution >= 4 is 40.5 Å². The minimum atomic E-state index is -0.229. The normalized spacial score (nSPS) is 16.1. The van der Waals surface area contributed by atoms with Crippen LogP contribution in [-0.2, 0) is 4.79 Å². The number of nitrogens with zero attached hydrogens (tertiary/aromatic N) is 2. The average Bonchev–Trinajstić information content (AvgIpc) is 2.67. The van der Waals surface area contributed by atoms with E-state index in [0.29, 0.717) is 16.5 Å². The highest BCUT2D eigenvalue weighted by molar-refractivity contribution is 6.32. The first kappa shape index (κ1) is 19.8. The van der Waals surface area contributed by atoms with Gasteiger partial charge in [-0.05, 0) is 43.3 Å². The van der Waals surface area contributed by atoms with Crippen molar-refractivity contribution in [3.05, 3.63) is 52.5 Å². The van der Waals surface area contributed by atoms with Gasteiger partial charge in [0.1, 0.15) is 5.75 Å². The van der Waals surface area contributed by atoms with Crippen molar-refractivity contribution in [2.45, 2.75) is 13.0 Å². The van der Waals surface area contributed by atoms with Crippen molar-refractivity contribution in [1.29, 1.82) is 0 Å². The highest BCUT2D eigenvalue weighted by atomic mass is 35.5. The topological polar surface area (TPSA) is 44.8 Å². The fourth-order valence-corrected chi connectivity index (χ4v) is 3.64. The first-order valence-corrected chi connectivity index (χ1v) is 9.62. The van der Waals surface area contributed by atoms with E-state index in [1.165, 1.54) is 0 Å². The Labute approximate surface area is 169 Å². The molecular formula is C20H23Cl2N3O2. The highest BCUT2D eigenvalue weighted by Gasteiger charge is 2.26. The predicted molar refractivity (Wildman–Crippen MR) is 111 cm³/mol. The number of amides is 1. The number of rotatable bonds is 5.